The van der Waals surface area contributed by atoms with Gasteiger partial charge in [-0.15, -0.1) is 0 Å². The fourth-order valence-corrected chi connectivity index (χ4v) is 3.78. The molecule has 6 heteroatoms. The lowest BCUT2D eigenvalue weighted by Crippen LogP contribution is -2.56. The summed E-state index contributed by atoms with van der Waals surface area (Å²) in [7, 11) is 0. The van der Waals surface area contributed by atoms with Crippen LogP contribution in [0.15, 0.2) is 0 Å². The van der Waals surface area contributed by atoms with E-state index in [0.717, 1.165) is 19.5 Å². The van der Waals surface area contributed by atoms with Crippen LogP contribution in [0.25, 0.3) is 0 Å². The van der Waals surface area contributed by atoms with Crippen molar-refractivity contribution in [3.63, 3.8) is 0 Å². The van der Waals surface area contributed by atoms with E-state index in [0.29, 0.717) is 25.9 Å². The Balaban J connectivity index is 1.78. The van der Waals surface area contributed by atoms with Crippen molar-refractivity contribution >= 4 is 5.91 Å². The Kier molecular flexibility index (Phi) is 2.86. The van der Waals surface area contributed by atoms with Gasteiger partial charge in [-0.3, -0.25) is 4.79 Å². The van der Waals surface area contributed by atoms with Crippen molar-refractivity contribution in [2.45, 2.75) is 38.3 Å². The molecule has 3 fully saturated rings. The van der Waals surface area contributed by atoms with Gasteiger partial charge in [-0.1, -0.05) is 12.8 Å². The summed E-state index contributed by atoms with van der Waals surface area (Å²) >= 11 is 0. The van der Waals surface area contributed by atoms with E-state index < -0.39 is 17.5 Å². The number of likely N-dealkylation sites (tertiary alicyclic amines) is 1. The van der Waals surface area contributed by atoms with Gasteiger partial charge in [-0.25, -0.2) is 0 Å². The number of carbonyl (C=O) groups excluding carboxylic acids is 1. The Labute approximate surface area is 110 Å². The lowest BCUT2D eigenvalue weighted by molar-refractivity contribution is -0.225. The second-order valence-electron chi connectivity index (χ2n) is 6.37. The van der Waals surface area contributed by atoms with Crippen LogP contribution in [0, 0.1) is 10.8 Å². The Hall–Kier alpha value is -0.780. The zero-order valence-electron chi connectivity index (χ0n) is 10.9. The summed E-state index contributed by atoms with van der Waals surface area (Å²) in [6.45, 7) is 2.64. The molecule has 0 radical (unpaired) electrons. The Bertz CT molecular complexity index is 384. The highest BCUT2D eigenvalue weighted by Crippen LogP contribution is 2.52. The third-order valence-corrected chi connectivity index (χ3v) is 5.13. The number of amides is 1. The van der Waals surface area contributed by atoms with E-state index >= 15 is 0 Å². The van der Waals surface area contributed by atoms with Gasteiger partial charge in [-0.05, 0) is 19.3 Å². The van der Waals surface area contributed by atoms with E-state index in [9.17, 15) is 18.0 Å². The topological polar surface area (TPSA) is 32.3 Å². The van der Waals surface area contributed by atoms with Crippen molar-refractivity contribution in [1.29, 1.82) is 0 Å². The van der Waals surface area contributed by atoms with Gasteiger partial charge in [0.15, 0.2) is 0 Å². The average molecular weight is 276 g/mol. The largest absolute Gasteiger partial charge is 0.403 e. The molecule has 0 unspecified atom stereocenters. The normalized spacial score (nSPS) is 28.7. The van der Waals surface area contributed by atoms with Crippen LogP contribution in [0.2, 0.25) is 0 Å². The van der Waals surface area contributed by atoms with Gasteiger partial charge in [0.25, 0.3) is 0 Å². The van der Waals surface area contributed by atoms with Crippen LogP contribution in [-0.4, -0.2) is 43.2 Å². The smallest absolute Gasteiger partial charge is 0.341 e. The first-order valence-corrected chi connectivity index (χ1v) is 6.96. The Morgan fingerprint density at radius 1 is 1.11 bits per heavy atom. The van der Waals surface area contributed by atoms with Gasteiger partial charge in [0, 0.05) is 31.6 Å². The summed E-state index contributed by atoms with van der Waals surface area (Å²) in [5, 5.41) is 3.15. The first-order valence-electron chi connectivity index (χ1n) is 6.96. The number of carbonyl (C=O) groups is 1. The zero-order chi connectivity index (χ0) is 13.7. The van der Waals surface area contributed by atoms with Crippen LogP contribution >= 0.6 is 0 Å². The van der Waals surface area contributed by atoms with E-state index in [1.807, 2.05) is 0 Å². The number of hydrogen-bond donors (Lipinski definition) is 1. The van der Waals surface area contributed by atoms with Gasteiger partial charge in [-0.2, -0.15) is 13.2 Å². The molecule has 19 heavy (non-hydrogen) atoms. The number of alkyl halides is 3. The molecule has 0 bridgehead atoms. The van der Waals surface area contributed by atoms with Crippen LogP contribution in [-0.2, 0) is 4.79 Å². The van der Waals surface area contributed by atoms with Gasteiger partial charge in [0.1, 0.15) is 5.41 Å². The third-order valence-electron chi connectivity index (χ3n) is 5.13. The lowest BCUT2D eigenvalue weighted by atomic mass is 9.80. The quantitative estimate of drug-likeness (QED) is 0.793. The second kappa shape index (κ2) is 4.11. The molecule has 0 aromatic rings. The van der Waals surface area contributed by atoms with Gasteiger partial charge >= 0.3 is 6.18 Å². The average Bonchev–Trinajstić information content (AvgIpc) is 2.94. The molecule has 3 nitrogen and oxygen atoms in total. The summed E-state index contributed by atoms with van der Waals surface area (Å²) in [6, 6.07) is 0. The number of halogens is 3. The minimum atomic E-state index is -4.41. The van der Waals surface area contributed by atoms with Crippen LogP contribution < -0.4 is 5.32 Å². The number of nitrogens with one attached hydrogen (secondary N) is 1. The number of hydrogen-bond acceptors (Lipinski definition) is 2. The molecule has 1 aliphatic carbocycles. The van der Waals surface area contributed by atoms with E-state index in [4.69, 9.17) is 0 Å². The van der Waals surface area contributed by atoms with Crippen LogP contribution in [0.5, 0.6) is 0 Å². The third kappa shape index (κ3) is 1.87. The maximum absolute atomic E-state index is 13.3. The molecule has 1 spiro atoms. The summed E-state index contributed by atoms with van der Waals surface area (Å²) in [5.41, 5.74) is -2.03. The first-order chi connectivity index (χ1) is 8.89. The molecule has 108 valence electrons. The molecule has 3 aliphatic rings. The molecular formula is C13H19F3N2O. The summed E-state index contributed by atoms with van der Waals surface area (Å²) in [5.74, 6) is -0.665. The highest BCUT2D eigenvalue weighted by Gasteiger charge is 2.63. The minimum absolute atomic E-state index is 0.0307. The Morgan fingerprint density at radius 2 is 1.74 bits per heavy atom. The molecule has 0 atom stereocenters. The van der Waals surface area contributed by atoms with Crippen molar-refractivity contribution in [1.82, 2.24) is 10.2 Å². The first kappa shape index (κ1) is 13.2. The number of nitrogens with zero attached hydrogens (tertiary/aromatic N) is 1. The predicted molar refractivity (Wildman–Crippen MR) is 63.5 cm³/mol. The number of rotatable bonds is 1. The predicted octanol–water partition coefficient (Wildman–Crippen LogP) is 1.93. The van der Waals surface area contributed by atoms with Gasteiger partial charge in [0.05, 0.1) is 0 Å². The fourth-order valence-electron chi connectivity index (χ4n) is 3.78. The van der Waals surface area contributed by atoms with Crippen LogP contribution in [0.4, 0.5) is 13.2 Å². The molecule has 0 aromatic heterocycles. The SMILES string of the molecule is O=C(N1CCC2(CNC2)C1)C1(C(F)(F)F)CCCC1. The fraction of sp³-hybridized carbons (Fsp3) is 0.923. The second-order valence-corrected chi connectivity index (χ2v) is 6.37. The molecule has 2 heterocycles. The van der Waals surface area contributed by atoms with Crippen molar-refractivity contribution in [2.24, 2.45) is 10.8 Å². The van der Waals surface area contributed by atoms with Crippen molar-refractivity contribution in [3.05, 3.63) is 0 Å². The molecule has 1 amide bonds. The molecule has 3 rings (SSSR count). The summed E-state index contributed by atoms with van der Waals surface area (Å²) in [4.78, 5) is 13.9. The standard InChI is InChI=1S/C13H19F3N2O/c14-13(15,16)12(3-1-2-4-12)10(19)18-6-5-11(9-18)7-17-8-11/h17H,1-9H2. The summed E-state index contributed by atoms with van der Waals surface area (Å²) < 4.78 is 40.0. The molecule has 2 saturated heterocycles. The van der Waals surface area contributed by atoms with E-state index in [1.165, 1.54) is 4.90 Å². The molecule has 1 N–H and O–H groups in total. The molecule has 1 saturated carbocycles. The molecule has 0 aromatic carbocycles. The zero-order valence-corrected chi connectivity index (χ0v) is 10.9. The minimum Gasteiger partial charge on any atom is -0.341 e. The molecular weight excluding hydrogens is 257 g/mol. The van der Waals surface area contributed by atoms with E-state index in [1.54, 1.807) is 0 Å². The maximum atomic E-state index is 13.3. The van der Waals surface area contributed by atoms with E-state index in [2.05, 4.69) is 5.32 Å². The van der Waals surface area contributed by atoms with Crippen molar-refractivity contribution < 1.29 is 18.0 Å². The van der Waals surface area contributed by atoms with Crippen molar-refractivity contribution in [2.75, 3.05) is 26.2 Å². The van der Waals surface area contributed by atoms with Gasteiger partial charge < -0.3 is 10.2 Å². The van der Waals surface area contributed by atoms with Crippen molar-refractivity contribution in [3.8, 4) is 0 Å². The lowest BCUT2D eigenvalue weighted by Gasteiger charge is -2.40. The van der Waals surface area contributed by atoms with E-state index in [-0.39, 0.29) is 18.3 Å². The highest BCUT2D eigenvalue weighted by atomic mass is 19.4. The van der Waals surface area contributed by atoms with Gasteiger partial charge in [0.2, 0.25) is 5.91 Å². The summed E-state index contributed by atoms with van der Waals surface area (Å²) in [6.07, 6.45) is -2.63. The molecule has 2 aliphatic heterocycles. The van der Waals surface area contributed by atoms with Crippen LogP contribution in [0.3, 0.4) is 0 Å². The monoisotopic (exact) mass is 276 g/mol. The maximum Gasteiger partial charge on any atom is 0.403 e. The highest BCUT2D eigenvalue weighted by molar-refractivity contribution is 5.84. The van der Waals surface area contributed by atoms with Crippen LogP contribution in [0.1, 0.15) is 32.1 Å². The Morgan fingerprint density at radius 3 is 2.16 bits per heavy atom.